The molecule has 0 aliphatic heterocycles. The van der Waals surface area contributed by atoms with Gasteiger partial charge in [-0.15, -0.1) is 0 Å². The zero-order valence-electron chi connectivity index (χ0n) is 21.3. The van der Waals surface area contributed by atoms with Crippen LogP contribution >= 0.6 is 0 Å². The third-order valence-corrected chi connectivity index (χ3v) is 7.26. The van der Waals surface area contributed by atoms with Crippen molar-refractivity contribution in [1.29, 1.82) is 0 Å². The van der Waals surface area contributed by atoms with Gasteiger partial charge in [-0.2, -0.15) is 9.97 Å². The standard InChI is InChI=1S/C24H32N8O5Si/c1-38(2,37)11-3-4-17(33)9-10-18(23(35)36)30-22(34)14-5-7-15(8-6-14)27-12-16-13-28-21-19(29-16)20(25)31-24(26)32-21/h5-8,13,18,27,37H,3-4,9-12H2,1-2H3,(H,30,34)(H,35,36)(H4,25,26,28,31,32)/t18-/m0/s1. The van der Waals surface area contributed by atoms with E-state index in [0.717, 1.165) is 0 Å². The number of nitrogen functional groups attached to an aromatic ring is 2. The number of Topliss-reactive ketones (excluding diaryl/α,β-unsaturated/α-hetero) is 1. The van der Waals surface area contributed by atoms with E-state index < -0.39 is 26.2 Å². The van der Waals surface area contributed by atoms with Crippen molar-refractivity contribution in [3.8, 4) is 0 Å². The Morgan fingerprint density at radius 3 is 2.42 bits per heavy atom. The Hall–Kier alpha value is -4.17. The summed E-state index contributed by atoms with van der Waals surface area (Å²) in [4.78, 5) is 62.7. The van der Waals surface area contributed by atoms with Crippen LogP contribution in [-0.2, 0) is 16.1 Å². The molecular formula is C24H32N8O5Si. The Labute approximate surface area is 220 Å². The first-order valence-electron chi connectivity index (χ1n) is 12.1. The number of carbonyl (C=O) groups is 3. The minimum atomic E-state index is -2.21. The van der Waals surface area contributed by atoms with Gasteiger partial charge in [-0.3, -0.25) is 9.59 Å². The number of benzene rings is 1. The van der Waals surface area contributed by atoms with Crippen LogP contribution in [0.2, 0.25) is 19.1 Å². The van der Waals surface area contributed by atoms with Crippen LogP contribution in [0.1, 0.15) is 41.7 Å². The van der Waals surface area contributed by atoms with Gasteiger partial charge >= 0.3 is 5.97 Å². The summed E-state index contributed by atoms with van der Waals surface area (Å²) in [6.45, 7) is 3.92. The maximum absolute atomic E-state index is 12.6. The highest BCUT2D eigenvalue weighted by atomic mass is 28.4. The zero-order valence-corrected chi connectivity index (χ0v) is 22.3. The van der Waals surface area contributed by atoms with E-state index in [-0.39, 0.29) is 42.4 Å². The van der Waals surface area contributed by atoms with Crippen molar-refractivity contribution in [2.24, 2.45) is 0 Å². The molecule has 0 aliphatic carbocycles. The van der Waals surface area contributed by atoms with Gasteiger partial charge in [0.15, 0.2) is 25.3 Å². The number of hydrogen-bond acceptors (Lipinski definition) is 11. The first-order chi connectivity index (χ1) is 17.9. The number of carbonyl (C=O) groups excluding carboxylic acids is 2. The summed E-state index contributed by atoms with van der Waals surface area (Å²) in [5, 5.41) is 15.1. The average molecular weight is 541 g/mol. The van der Waals surface area contributed by atoms with Gasteiger partial charge in [-0.25, -0.2) is 14.8 Å². The Bertz CT molecular complexity index is 1310. The largest absolute Gasteiger partial charge is 0.480 e. The predicted octanol–water partition coefficient (Wildman–Crippen LogP) is 1.71. The lowest BCUT2D eigenvalue weighted by Crippen LogP contribution is -2.41. The normalized spacial score (nSPS) is 12.2. The molecule has 1 atom stereocenters. The van der Waals surface area contributed by atoms with E-state index in [2.05, 4.69) is 30.6 Å². The maximum Gasteiger partial charge on any atom is 0.326 e. The highest BCUT2D eigenvalue weighted by Crippen LogP contribution is 2.16. The van der Waals surface area contributed by atoms with Crippen LogP contribution in [0.4, 0.5) is 17.5 Å². The highest BCUT2D eigenvalue weighted by molar-refractivity contribution is 6.69. The molecule has 2 heterocycles. The second-order valence-electron chi connectivity index (χ2n) is 9.54. The van der Waals surface area contributed by atoms with Crippen molar-refractivity contribution in [3.63, 3.8) is 0 Å². The molecule has 1 amide bonds. The minimum Gasteiger partial charge on any atom is -0.480 e. The smallest absolute Gasteiger partial charge is 0.326 e. The molecule has 38 heavy (non-hydrogen) atoms. The fourth-order valence-electron chi connectivity index (χ4n) is 3.65. The number of anilines is 3. The third kappa shape index (κ3) is 8.45. The van der Waals surface area contributed by atoms with Crippen LogP contribution in [0.25, 0.3) is 11.2 Å². The minimum absolute atomic E-state index is 0.00552. The van der Waals surface area contributed by atoms with E-state index in [1.54, 1.807) is 37.4 Å². The first kappa shape index (κ1) is 28.4. The number of nitrogens with zero attached hydrogens (tertiary/aromatic N) is 4. The molecule has 2 aromatic heterocycles. The summed E-state index contributed by atoms with van der Waals surface area (Å²) < 4.78 is 0. The van der Waals surface area contributed by atoms with Crippen LogP contribution in [0.3, 0.4) is 0 Å². The number of carboxylic acids is 1. The van der Waals surface area contributed by atoms with E-state index in [1.165, 1.54) is 6.20 Å². The SMILES string of the molecule is C[Si](C)(O)CCCC(=O)CC[C@H](NC(=O)c1ccc(NCc2cnc3nc(N)nc(N)c3n2)cc1)C(=O)O. The number of aliphatic carboxylic acids is 1. The quantitative estimate of drug-likeness (QED) is 0.171. The zero-order chi connectivity index (χ0) is 27.9. The monoisotopic (exact) mass is 540 g/mol. The van der Waals surface area contributed by atoms with Crippen molar-refractivity contribution in [2.45, 2.75) is 57.4 Å². The molecule has 3 rings (SSSR count). The summed E-state index contributed by atoms with van der Waals surface area (Å²) in [6, 6.07) is 5.88. The number of amides is 1. The molecule has 0 aliphatic rings. The Kier molecular flexibility index (Phi) is 9.25. The van der Waals surface area contributed by atoms with E-state index in [4.69, 9.17) is 11.5 Å². The topological polar surface area (TPSA) is 219 Å². The van der Waals surface area contributed by atoms with Crippen molar-refractivity contribution in [3.05, 3.63) is 41.7 Å². The second kappa shape index (κ2) is 12.4. The summed E-state index contributed by atoms with van der Waals surface area (Å²) >= 11 is 0. The van der Waals surface area contributed by atoms with Crippen LogP contribution in [0.15, 0.2) is 30.5 Å². The van der Waals surface area contributed by atoms with Crippen molar-refractivity contribution in [1.82, 2.24) is 25.3 Å². The molecule has 8 N–H and O–H groups in total. The molecule has 0 saturated heterocycles. The molecule has 0 unspecified atom stereocenters. The lowest BCUT2D eigenvalue weighted by atomic mass is 10.1. The van der Waals surface area contributed by atoms with Gasteiger partial charge < -0.3 is 32.0 Å². The number of carboxylic acid groups (broad SMARTS) is 1. The summed E-state index contributed by atoms with van der Waals surface area (Å²) in [6.07, 6.45) is 2.43. The van der Waals surface area contributed by atoms with Gasteiger partial charge in [0.25, 0.3) is 5.91 Å². The molecule has 0 spiro atoms. The van der Waals surface area contributed by atoms with Crippen molar-refractivity contribution in [2.75, 3.05) is 16.8 Å². The van der Waals surface area contributed by atoms with Gasteiger partial charge in [-0.05, 0) is 56.2 Å². The first-order valence-corrected chi connectivity index (χ1v) is 15.2. The second-order valence-corrected chi connectivity index (χ2v) is 13.7. The molecule has 0 bridgehead atoms. The number of aromatic nitrogens is 4. The van der Waals surface area contributed by atoms with E-state index in [1.807, 2.05) is 0 Å². The molecule has 0 radical (unpaired) electrons. The Morgan fingerprint density at radius 2 is 1.76 bits per heavy atom. The van der Waals surface area contributed by atoms with E-state index >= 15 is 0 Å². The number of nitrogens with one attached hydrogen (secondary N) is 2. The molecule has 13 nitrogen and oxygen atoms in total. The van der Waals surface area contributed by atoms with E-state index in [0.29, 0.717) is 41.6 Å². The van der Waals surface area contributed by atoms with Gasteiger partial charge in [0, 0.05) is 24.1 Å². The fraction of sp³-hybridized carbons (Fsp3) is 0.375. The van der Waals surface area contributed by atoms with Gasteiger partial charge in [0.05, 0.1) is 18.4 Å². The number of nitrogens with two attached hydrogens (primary N) is 2. The molecule has 0 saturated carbocycles. The highest BCUT2D eigenvalue weighted by Gasteiger charge is 2.22. The van der Waals surface area contributed by atoms with Gasteiger partial charge in [0.2, 0.25) is 5.95 Å². The van der Waals surface area contributed by atoms with Crippen LogP contribution in [0, 0.1) is 0 Å². The predicted molar refractivity (Wildman–Crippen MR) is 145 cm³/mol. The number of ketones is 1. The lowest BCUT2D eigenvalue weighted by Gasteiger charge is -2.15. The summed E-state index contributed by atoms with van der Waals surface area (Å²) in [5.74, 6) is -1.71. The van der Waals surface area contributed by atoms with Crippen LogP contribution < -0.4 is 22.1 Å². The molecule has 3 aromatic rings. The van der Waals surface area contributed by atoms with Crippen LogP contribution in [0.5, 0.6) is 0 Å². The maximum atomic E-state index is 12.6. The van der Waals surface area contributed by atoms with Crippen molar-refractivity contribution < 1.29 is 24.3 Å². The molecule has 1 aromatic carbocycles. The fourth-order valence-corrected chi connectivity index (χ4v) is 4.69. The van der Waals surface area contributed by atoms with E-state index in [9.17, 15) is 24.3 Å². The molecule has 14 heteroatoms. The average Bonchev–Trinajstić information content (AvgIpc) is 2.84. The van der Waals surface area contributed by atoms with Gasteiger partial charge in [0.1, 0.15) is 11.8 Å². The molecule has 0 fully saturated rings. The summed E-state index contributed by atoms with van der Waals surface area (Å²) in [7, 11) is -2.21. The molecular weight excluding hydrogens is 508 g/mol. The van der Waals surface area contributed by atoms with Crippen molar-refractivity contribution >= 4 is 54.6 Å². The van der Waals surface area contributed by atoms with Crippen LogP contribution in [-0.4, -0.2) is 61.9 Å². The number of rotatable bonds is 13. The number of hydrogen-bond donors (Lipinski definition) is 6. The Morgan fingerprint density at radius 1 is 1.05 bits per heavy atom. The molecule has 202 valence electrons. The number of fused-ring (bicyclic) bond motifs is 1. The summed E-state index contributed by atoms with van der Waals surface area (Å²) in [5.41, 5.74) is 13.6. The lowest BCUT2D eigenvalue weighted by molar-refractivity contribution is -0.139. The third-order valence-electron chi connectivity index (χ3n) is 5.68. The Balaban J connectivity index is 1.52. The van der Waals surface area contributed by atoms with Gasteiger partial charge in [-0.1, -0.05) is 0 Å².